The lowest BCUT2D eigenvalue weighted by molar-refractivity contribution is -0.137. The van der Waals surface area contributed by atoms with Gasteiger partial charge in [-0.15, -0.1) is 0 Å². The van der Waals surface area contributed by atoms with Crippen LogP contribution < -0.4 is 0 Å². The highest BCUT2D eigenvalue weighted by Crippen LogP contribution is 2.11. The molecule has 0 bridgehead atoms. The van der Waals surface area contributed by atoms with Crippen LogP contribution >= 0.6 is 0 Å². The van der Waals surface area contributed by atoms with Crippen LogP contribution in [0.1, 0.15) is 24.0 Å². The van der Waals surface area contributed by atoms with Gasteiger partial charge in [-0.25, -0.2) is 0 Å². The Labute approximate surface area is 125 Å². The lowest BCUT2D eigenvalue weighted by Crippen LogP contribution is -2.31. The molecule has 5 nitrogen and oxygen atoms in total. The van der Waals surface area contributed by atoms with Gasteiger partial charge in [-0.2, -0.15) is 5.26 Å². The second kappa shape index (κ2) is 7.77. The maximum atomic E-state index is 10.6. The summed E-state index contributed by atoms with van der Waals surface area (Å²) >= 11 is 0. The first-order chi connectivity index (χ1) is 10.2. The summed E-state index contributed by atoms with van der Waals surface area (Å²) in [5, 5.41) is 17.7. The van der Waals surface area contributed by atoms with E-state index in [0.29, 0.717) is 12.1 Å². The maximum absolute atomic E-state index is 10.6. The molecule has 5 heteroatoms. The third-order valence-corrected chi connectivity index (χ3v) is 3.79. The van der Waals surface area contributed by atoms with E-state index >= 15 is 0 Å². The molecular weight excluding hydrogens is 266 g/mol. The van der Waals surface area contributed by atoms with Crippen molar-refractivity contribution in [1.29, 1.82) is 5.26 Å². The molecule has 0 amide bonds. The second-order valence-electron chi connectivity index (χ2n) is 5.43. The maximum Gasteiger partial charge on any atom is 0.304 e. The van der Waals surface area contributed by atoms with Gasteiger partial charge in [0.25, 0.3) is 0 Å². The molecule has 2 rings (SSSR count). The molecule has 21 heavy (non-hydrogen) atoms. The predicted molar refractivity (Wildman–Crippen MR) is 79.7 cm³/mol. The molecule has 1 heterocycles. The van der Waals surface area contributed by atoms with Crippen LogP contribution in [0.2, 0.25) is 0 Å². The molecule has 1 aliphatic heterocycles. The molecule has 0 aliphatic carbocycles. The number of rotatable bonds is 5. The number of carboxylic acid groups (broad SMARTS) is 1. The topological polar surface area (TPSA) is 67.6 Å². The van der Waals surface area contributed by atoms with E-state index in [2.05, 4.69) is 15.9 Å². The highest BCUT2D eigenvalue weighted by atomic mass is 16.4. The molecular formula is C16H21N3O2. The molecule has 0 radical (unpaired) electrons. The first kappa shape index (κ1) is 15.5. The van der Waals surface area contributed by atoms with Gasteiger partial charge < -0.3 is 10.0 Å². The summed E-state index contributed by atoms with van der Waals surface area (Å²) in [4.78, 5) is 15.2. The van der Waals surface area contributed by atoms with Gasteiger partial charge in [-0.1, -0.05) is 12.1 Å². The largest absolute Gasteiger partial charge is 0.481 e. The Kier molecular flexibility index (Phi) is 5.73. The minimum atomic E-state index is -0.732. The molecule has 1 fully saturated rings. The molecule has 0 aromatic heterocycles. The van der Waals surface area contributed by atoms with E-state index in [1.807, 2.05) is 24.3 Å². The number of nitrogens with zero attached hydrogens (tertiary/aromatic N) is 3. The Morgan fingerprint density at radius 1 is 1.24 bits per heavy atom. The summed E-state index contributed by atoms with van der Waals surface area (Å²) in [5.41, 5.74) is 1.86. The van der Waals surface area contributed by atoms with Crippen LogP contribution in [0.3, 0.4) is 0 Å². The molecule has 1 aromatic rings. The lowest BCUT2D eigenvalue weighted by atomic mass is 10.1. The average Bonchev–Trinajstić information content (AvgIpc) is 2.71. The molecule has 0 saturated carbocycles. The van der Waals surface area contributed by atoms with E-state index < -0.39 is 5.97 Å². The Hall–Kier alpha value is -1.90. The Bertz CT molecular complexity index is 524. The van der Waals surface area contributed by atoms with Gasteiger partial charge in [-0.3, -0.25) is 9.69 Å². The number of nitriles is 1. The monoisotopic (exact) mass is 287 g/mol. The summed E-state index contributed by atoms with van der Waals surface area (Å²) in [6, 6.07) is 9.90. The molecule has 0 spiro atoms. The van der Waals surface area contributed by atoms with E-state index in [1.165, 1.54) is 0 Å². The van der Waals surface area contributed by atoms with Gasteiger partial charge in [0.2, 0.25) is 0 Å². The summed E-state index contributed by atoms with van der Waals surface area (Å²) < 4.78 is 0. The third kappa shape index (κ3) is 5.18. The second-order valence-corrected chi connectivity index (χ2v) is 5.43. The fraction of sp³-hybridized carbons (Fsp3) is 0.500. The van der Waals surface area contributed by atoms with Gasteiger partial charge >= 0.3 is 5.97 Å². The first-order valence-electron chi connectivity index (χ1n) is 7.33. The van der Waals surface area contributed by atoms with Gasteiger partial charge in [0.1, 0.15) is 0 Å². The van der Waals surface area contributed by atoms with Crippen LogP contribution in [-0.2, 0) is 11.3 Å². The van der Waals surface area contributed by atoms with Crippen LogP contribution in [0, 0.1) is 11.3 Å². The van der Waals surface area contributed by atoms with Crippen LogP contribution in [0.5, 0.6) is 0 Å². The summed E-state index contributed by atoms with van der Waals surface area (Å²) in [6.07, 6.45) is 1.27. The van der Waals surface area contributed by atoms with Crippen LogP contribution in [0.15, 0.2) is 24.3 Å². The molecule has 1 aromatic carbocycles. The molecule has 112 valence electrons. The number of hydrogen-bond donors (Lipinski definition) is 1. The van der Waals surface area contributed by atoms with Crippen LogP contribution in [0.25, 0.3) is 0 Å². The van der Waals surface area contributed by atoms with Crippen molar-refractivity contribution in [2.45, 2.75) is 19.4 Å². The number of hydrogen-bond acceptors (Lipinski definition) is 4. The third-order valence-electron chi connectivity index (χ3n) is 3.79. The smallest absolute Gasteiger partial charge is 0.304 e. The minimum Gasteiger partial charge on any atom is -0.481 e. The van der Waals surface area contributed by atoms with Gasteiger partial charge in [0.15, 0.2) is 0 Å². The molecule has 1 N–H and O–H groups in total. The molecule has 1 saturated heterocycles. The number of benzene rings is 1. The number of carboxylic acids is 1. The minimum absolute atomic E-state index is 0.213. The van der Waals surface area contributed by atoms with Crippen molar-refractivity contribution in [2.24, 2.45) is 0 Å². The zero-order valence-electron chi connectivity index (χ0n) is 12.2. The zero-order chi connectivity index (χ0) is 15.1. The normalized spacial score (nSPS) is 17.1. The predicted octanol–water partition coefficient (Wildman–Crippen LogP) is 1.54. The Morgan fingerprint density at radius 3 is 2.76 bits per heavy atom. The van der Waals surface area contributed by atoms with E-state index in [0.717, 1.165) is 44.7 Å². The highest BCUT2D eigenvalue weighted by Gasteiger charge is 2.15. The van der Waals surface area contributed by atoms with Crippen molar-refractivity contribution in [2.75, 3.05) is 32.7 Å². The lowest BCUT2D eigenvalue weighted by Gasteiger charge is -2.21. The van der Waals surface area contributed by atoms with Crippen LogP contribution in [-0.4, -0.2) is 53.6 Å². The fourth-order valence-electron chi connectivity index (χ4n) is 2.66. The van der Waals surface area contributed by atoms with Crippen molar-refractivity contribution >= 4 is 5.97 Å². The van der Waals surface area contributed by atoms with Crippen molar-refractivity contribution in [1.82, 2.24) is 9.80 Å². The van der Waals surface area contributed by atoms with E-state index in [-0.39, 0.29) is 6.42 Å². The average molecular weight is 287 g/mol. The quantitative estimate of drug-likeness (QED) is 0.889. The van der Waals surface area contributed by atoms with Crippen molar-refractivity contribution in [3.05, 3.63) is 35.4 Å². The number of aliphatic carboxylic acids is 1. The Balaban J connectivity index is 1.85. The summed E-state index contributed by atoms with van der Waals surface area (Å²) in [7, 11) is 0. The number of carbonyl (C=O) groups is 1. The summed E-state index contributed by atoms with van der Waals surface area (Å²) in [5.74, 6) is -0.732. The van der Waals surface area contributed by atoms with Gasteiger partial charge in [0, 0.05) is 26.2 Å². The standard InChI is InChI=1S/C16H21N3O2/c17-12-14-3-1-4-15(11-14)13-19-7-2-6-18(9-10-19)8-5-16(20)21/h1,3-4,11H,2,5-10,13H2,(H,20,21). The van der Waals surface area contributed by atoms with Gasteiger partial charge in [-0.05, 0) is 37.2 Å². The Morgan fingerprint density at radius 2 is 2.00 bits per heavy atom. The van der Waals surface area contributed by atoms with E-state index in [1.54, 1.807) is 0 Å². The molecule has 0 unspecified atom stereocenters. The fourth-order valence-corrected chi connectivity index (χ4v) is 2.66. The zero-order valence-corrected chi connectivity index (χ0v) is 12.2. The first-order valence-corrected chi connectivity index (χ1v) is 7.33. The molecule has 1 aliphatic rings. The SMILES string of the molecule is N#Cc1cccc(CN2CCCN(CCC(=O)O)CC2)c1. The van der Waals surface area contributed by atoms with Crippen molar-refractivity contribution in [3.63, 3.8) is 0 Å². The van der Waals surface area contributed by atoms with Crippen LogP contribution in [0.4, 0.5) is 0 Å². The molecule has 0 atom stereocenters. The summed E-state index contributed by atoms with van der Waals surface area (Å²) in [6.45, 7) is 5.30. The van der Waals surface area contributed by atoms with Crippen molar-refractivity contribution < 1.29 is 9.90 Å². The van der Waals surface area contributed by atoms with E-state index in [9.17, 15) is 4.79 Å². The van der Waals surface area contributed by atoms with Gasteiger partial charge in [0.05, 0.1) is 18.1 Å². The highest BCUT2D eigenvalue weighted by molar-refractivity contribution is 5.66. The van der Waals surface area contributed by atoms with Crippen molar-refractivity contribution in [3.8, 4) is 6.07 Å². The van der Waals surface area contributed by atoms with E-state index in [4.69, 9.17) is 10.4 Å².